The van der Waals surface area contributed by atoms with E-state index in [9.17, 15) is 0 Å². The molecule has 1 aromatic carbocycles. The van der Waals surface area contributed by atoms with E-state index in [2.05, 4.69) is 30.2 Å². The molecule has 2 aromatic heterocycles. The number of aryl methyl sites for hydroxylation is 1. The van der Waals surface area contributed by atoms with Gasteiger partial charge >= 0.3 is 0 Å². The van der Waals surface area contributed by atoms with E-state index in [1.165, 1.54) is 0 Å². The van der Waals surface area contributed by atoms with E-state index in [0.29, 0.717) is 6.54 Å². The number of rotatable bonds is 5. The highest BCUT2D eigenvalue weighted by Gasteiger charge is 2.36. The van der Waals surface area contributed by atoms with Gasteiger partial charge in [0.1, 0.15) is 12.2 Å². The fourth-order valence-electron chi connectivity index (χ4n) is 3.24. The van der Waals surface area contributed by atoms with Gasteiger partial charge in [-0.1, -0.05) is 18.2 Å². The van der Waals surface area contributed by atoms with Crippen LogP contribution in [0.1, 0.15) is 29.9 Å². The van der Waals surface area contributed by atoms with E-state index >= 15 is 0 Å². The minimum atomic E-state index is 0.110. The maximum absolute atomic E-state index is 5.56. The zero-order valence-corrected chi connectivity index (χ0v) is 14.3. The molecule has 1 fully saturated rings. The Labute approximate surface area is 145 Å². The van der Waals surface area contributed by atoms with Crippen LogP contribution in [-0.2, 0) is 11.3 Å². The maximum atomic E-state index is 5.56. The van der Waals surface area contributed by atoms with Gasteiger partial charge in [-0.2, -0.15) is 5.10 Å². The Kier molecular flexibility index (Phi) is 4.29. The second-order valence-corrected chi connectivity index (χ2v) is 6.26. The first-order chi connectivity index (χ1) is 12.2. The lowest BCUT2D eigenvalue weighted by Crippen LogP contribution is -2.26. The van der Waals surface area contributed by atoms with Crippen LogP contribution in [0.4, 0.5) is 0 Å². The van der Waals surface area contributed by atoms with E-state index in [4.69, 9.17) is 4.74 Å². The zero-order valence-electron chi connectivity index (χ0n) is 14.3. The van der Waals surface area contributed by atoms with Crippen LogP contribution in [0.15, 0.2) is 36.7 Å². The van der Waals surface area contributed by atoms with Crippen LogP contribution in [0.2, 0.25) is 0 Å². The molecular weight excluding hydrogens is 318 g/mol. The van der Waals surface area contributed by atoms with E-state index in [1.807, 2.05) is 37.3 Å². The summed E-state index contributed by atoms with van der Waals surface area (Å²) in [4.78, 5) is 11.2. The van der Waals surface area contributed by atoms with Crippen molar-refractivity contribution in [2.75, 3.05) is 13.7 Å². The molecule has 3 heterocycles. The molecule has 4 rings (SSSR count). The van der Waals surface area contributed by atoms with Crippen LogP contribution in [0.25, 0.3) is 5.69 Å². The Bertz CT molecular complexity index is 828. The van der Waals surface area contributed by atoms with Crippen molar-refractivity contribution in [3.8, 4) is 5.69 Å². The number of nitrogens with zero attached hydrogens (tertiary/aromatic N) is 6. The van der Waals surface area contributed by atoms with Crippen LogP contribution in [0, 0.1) is 6.92 Å². The van der Waals surface area contributed by atoms with E-state index in [0.717, 1.165) is 36.1 Å². The summed E-state index contributed by atoms with van der Waals surface area (Å²) in [6, 6.07) is 10.1. The quantitative estimate of drug-likeness (QED) is 0.761. The second-order valence-electron chi connectivity index (χ2n) is 6.26. The van der Waals surface area contributed by atoms with Gasteiger partial charge in [-0.15, -0.1) is 5.10 Å². The molecule has 8 heteroatoms. The maximum Gasteiger partial charge on any atom is 0.167 e. The minimum Gasteiger partial charge on any atom is -0.380 e. The number of hydrogen-bond acceptors (Lipinski definition) is 6. The van der Waals surface area contributed by atoms with E-state index in [1.54, 1.807) is 18.1 Å². The molecule has 3 aromatic rings. The minimum absolute atomic E-state index is 0.110. The first-order valence-corrected chi connectivity index (χ1v) is 8.34. The topological polar surface area (TPSA) is 84.8 Å². The van der Waals surface area contributed by atoms with Crippen molar-refractivity contribution in [2.24, 2.45) is 0 Å². The Morgan fingerprint density at radius 1 is 1.28 bits per heavy atom. The summed E-state index contributed by atoms with van der Waals surface area (Å²) >= 11 is 0. The Morgan fingerprint density at radius 2 is 2.12 bits per heavy atom. The standard InChI is InChI=1S/C17H21N7O/c1-12-19-17(21-20-12)15-8-14(25-2)9-23(15)10-16-18-11-24(22-16)13-6-4-3-5-7-13/h3-7,11,14-15H,8-10H2,1-2H3,(H,19,20,21)/t14-,15+/m1/s1. The van der Waals surface area contributed by atoms with Crippen molar-refractivity contribution in [3.63, 3.8) is 0 Å². The van der Waals surface area contributed by atoms with Crippen molar-refractivity contribution in [2.45, 2.75) is 32.0 Å². The SMILES string of the molecule is CO[C@@H]1C[C@@H](c2n[nH]c(C)n2)N(Cc2ncn(-c3ccccc3)n2)C1. The van der Waals surface area contributed by atoms with Gasteiger partial charge < -0.3 is 4.74 Å². The summed E-state index contributed by atoms with van der Waals surface area (Å²) in [7, 11) is 1.75. The normalized spacial score (nSPS) is 21.0. The predicted molar refractivity (Wildman–Crippen MR) is 91.0 cm³/mol. The lowest BCUT2D eigenvalue weighted by molar-refractivity contribution is 0.107. The Balaban J connectivity index is 1.53. The zero-order chi connectivity index (χ0) is 17.2. The molecule has 2 atom stereocenters. The summed E-state index contributed by atoms with van der Waals surface area (Å²) in [6.07, 6.45) is 2.79. The van der Waals surface area contributed by atoms with Crippen molar-refractivity contribution in [1.82, 2.24) is 34.8 Å². The lowest BCUT2D eigenvalue weighted by Gasteiger charge is -2.19. The Hall–Kier alpha value is -2.58. The van der Waals surface area contributed by atoms with Gasteiger partial charge in [0.05, 0.1) is 24.4 Å². The van der Waals surface area contributed by atoms with Gasteiger partial charge in [-0.05, 0) is 25.5 Å². The van der Waals surface area contributed by atoms with Crippen molar-refractivity contribution in [1.29, 1.82) is 0 Å². The molecule has 1 aliphatic heterocycles. The molecule has 0 saturated carbocycles. The van der Waals surface area contributed by atoms with Crippen LogP contribution in [0.3, 0.4) is 0 Å². The number of H-pyrrole nitrogens is 1. The van der Waals surface area contributed by atoms with Crippen LogP contribution in [-0.4, -0.2) is 54.6 Å². The van der Waals surface area contributed by atoms with Gasteiger partial charge in [0.25, 0.3) is 0 Å². The third-order valence-electron chi connectivity index (χ3n) is 4.52. The van der Waals surface area contributed by atoms with Crippen LogP contribution in [0.5, 0.6) is 0 Å². The number of benzene rings is 1. The molecular formula is C17H21N7O. The van der Waals surface area contributed by atoms with Crippen LogP contribution < -0.4 is 0 Å². The van der Waals surface area contributed by atoms with Crippen molar-refractivity contribution < 1.29 is 4.74 Å². The number of likely N-dealkylation sites (tertiary alicyclic amines) is 1. The molecule has 0 radical (unpaired) electrons. The van der Waals surface area contributed by atoms with Gasteiger partial charge in [-0.3, -0.25) is 10.00 Å². The summed E-state index contributed by atoms with van der Waals surface area (Å²) in [5.74, 6) is 2.40. The number of aromatic amines is 1. The molecule has 0 aliphatic carbocycles. The summed E-state index contributed by atoms with van der Waals surface area (Å²) in [6.45, 7) is 3.36. The van der Waals surface area contributed by atoms with Crippen molar-refractivity contribution >= 4 is 0 Å². The fourth-order valence-corrected chi connectivity index (χ4v) is 3.24. The molecule has 1 N–H and O–H groups in total. The first kappa shape index (κ1) is 15.9. The predicted octanol–water partition coefficient (Wildman–Crippen LogP) is 1.66. The highest BCUT2D eigenvalue weighted by molar-refractivity contribution is 5.29. The number of methoxy groups -OCH3 is 1. The van der Waals surface area contributed by atoms with Gasteiger partial charge in [0.15, 0.2) is 11.6 Å². The largest absolute Gasteiger partial charge is 0.380 e. The molecule has 0 amide bonds. The van der Waals surface area contributed by atoms with Crippen molar-refractivity contribution in [3.05, 3.63) is 54.1 Å². The average molecular weight is 339 g/mol. The number of aromatic nitrogens is 6. The molecule has 8 nitrogen and oxygen atoms in total. The smallest absolute Gasteiger partial charge is 0.167 e. The van der Waals surface area contributed by atoms with Gasteiger partial charge in [0.2, 0.25) is 0 Å². The lowest BCUT2D eigenvalue weighted by atomic mass is 10.2. The highest BCUT2D eigenvalue weighted by Crippen LogP contribution is 2.32. The summed E-state index contributed by atoms with van der Waals surface area (Å²) in [5.41, 5.74) is 0.999. The van der Waals surface area contributed by atoms with Gasteiger partial charge in [0, 0.05) is 13.7 Å². The molecule has 130 valence electrons. The number of hydrogen-bond donors (Lipinski definition) is 1. The number of nitrogens with one attached hydrogen (secondary N) is 1. The monoisotopic (exact) mass is 339 g/mol. The molecule has 1 saturated heterocycles. The van der Waals surface area contributed by atoms with Crippen LogP contribution >= 0.6 is 0 Å². The fraction of sp³-hybridized carbons (Fsp3) is 0.412. The highest BCUT2D eigenvalue weighted by atomic mass is 16.5. The van der Waals surface area contributed by atoms with Gasteiger partial charge in [-0.25, -0.2) is 14.6 Å². The number of para-hydroxylation sites is 1. The van der Waals surface area contributed by atoms with E-state index < -0.39 is 0 Å². The molecule has 0 bridgehead atoms. The third-order valence-corrected chi connectivity index (χ3v) is 4.52. The third kappa shape index (κ3) is 3.31. The first-order valence-electron chi connectivity index (χ1n) is 8.34. The average Bonchev–Trinajstić information content (AvgIpc) is 3.36. The summed E-state index contributed by atoms with van der Waals surface area (Å²) in [5, 5.41) is 11.9. The molecule has 0 unspecified atom stereocenters. The van der Waals surface area contributed by atoms with E-state index in [-0.39, 0.29) is 12.1 Å². The molecule has 25 heavy (non-hydrogen) atoms. The molecule has 0 spiro atoms. The summed E-state index contributed by atoms with van der Waals surface area (Å²) < 4.78 is 7.36. The molecule has 1 aliphatic rings. The Morgan fingerprint density at radius 3 is 2.84 bits per heavy atom. The second kappa shape index (κ2) is 6.73. The number of ether oxygens (including phenoxy) is 1.